The maximum Gasteiger partial charge on any atom is 0.299 e. The highest BCUT2D eigenvalue weighted by atomic mass is 79.9. The lowest BCUT2D eigenvalue weighted by Crippen LogP contribution is -2.30. The van der Waals surface area contributed by atoms with Gasteiger partial charge in [-0.2, -0.15) is 0 Å². The molecule has 1 amide bonds. The first-order chi connectivity index (χ1) is 8.56. The summed E-state index contributed by atoms with van der Waals surface area (Å²) in [7, 11) is 0. The van der Waals surface area contributed by atoms with Gasteiger partial charge < -0.3 is 4.90 Å². The van der Waals surface area contributed by atoms with Gasteiger partial charge in [0.05, 0.1) is 16.2 Å². The first-order valence-corrected chi connectivity index (χ1v) is 6.39. The number of hydrogen-bond donors (Lipinski definition) is 0. The number of benzene rings is 1. The molecule has 0 saturated carbocycles. The van der Waals surface area contributed by atoms with Crippen LogP contribution in [0.2, 0.25) is 0 Å². The van der Waals surface area contributed by atoms with Crippen molar-refractivity contribution in [3.05, 3.63) is 33.9 Å². The number of carbonyl (C=O) groups excluding carboxylic acids is 2. The maximum absolute atomic E-state index is 11.7. The molecule has 0 radical (unpaired) electrons. The Morgan fingerprint density at radius 3 is 2.67 bits per heavy atom. The zero-order chi connectivity index (χ0) is 13.3. The van der Waals surface area contributed by atoms with Gasteiger partial charge in [0.25, 0.3) is 17.4 Å². The molecule has 0 fully saturated rings. The lowest BCUT2D eigenvalue weighted by Gasteiger charge is -2.15. The summed E-state index contributed by atoms with van der Waals surface area (Å²) in [5.74, 6) is -1.30. The van der Waals surface area contributed by atoms with Crippen LogP contribution in [-0.4, -0.2) is 28.5 Å². The summed E-state index contributed by atoms with van der Waals surface area (Å²) >= 11 is 3.25. The molecular weight excluding hydrogens is 304 g/mol. The van der Waals surface area contributed by atoms with E-state index < -0.39 is 16.6 Å². The van der Waals surface area contributed by atoms with Crippen molar-refractivity contribution in [2.24, 2.45) is 0 Å². The fourth-order valence-electron chi connectivity index (χ4n) is 1.84. The lowest BCUT2D eigenvalue weighted by atomic mass is 10.1. The highest BCUT2D eigenvalue weighted by Crippen LogP contribution is 2.31. The Kier molecular flexibility index (Phi) is 3.42. The van der Waals surface area contributed by atoms with E-state index in [-0.39, 0.29) is 11.3 Å². The third kappa shape index (κ3) is 2.01. The minimum atomic E-state index is -0.678. The molecule has 0 spiro atoms. The Labute approximate surface area is 111 Å². The van der Waals surface area contributed by atoms with Crippen molar-refractivity contribution < 1.29 is 14.5 Å². The fourth-order valence-corrected chi connectivity index (χ4v) is 2.09. The van der Waals surface area contributed by atoms with Gasteiger partial charge in [0.15, 0.2) is 0 Å². The van der Waals surface area contributed by atoms with Crippen molar-refractivity contribution in [1.29, 1.82) is 0 Å². The van der Waals surface area contributed by atoms with Crippen LogP contribution in [0.25, 0.3) is 0 Å². The van der Waals surface area contributed by atoms with Gasteiger partial charge in [-0.15, -0.1) is 0 Å². The van der Waals surface area contributed by atoms with Gasteiger partial charge in [-0.1, -0.05) is 15.9 Å². The number of nitro groups is 1. The van der Waals surface area contributed by atoms with Crippen molar-refractivity contribution in [2.75, 3.05) is 16.8 Å². The molecule has 1 heterocycles. The van der Waals surface area contributed by atoms with Crippen LogP contribution in [0.3, 0.4) is 0 Å². The molecule has 6 nitrogen and oxygen atoms in total. The molecule has 1 aromatic rings. The van der Waals surface area contributed by atoms with Crippen LogP contribution in [-0.2, 0) is 4.79 Å². The van der Waals surface area contributed by atoms with Crippen molar-refractivity contribution in [2.45, 2.75) is 6.42 Å². The summed E-state index contributed by atoms with van der Waals surface area (Å²) in [6.07, 6.45) is 0.704. The number of halogens is 1. The van der Waals surface area contributed by atoms with Gasteiger partial charge in [0.2, 0.25) is 0 Å². The van der Waals surface area contributed by atoms with E-state index in [9.17, 15) is 19.7 Å². The van der Waals surface area contributed by atoms with Crippen molar-refractivity contribution in [1.82, 2.24) is 0 Å². The van der Waals surface area contributed by atoms with Gasteiger partial charge in [-0.3, -0.25) is 19.7 Å². The number of anilines is 1. The Hall–Kier alpha value is -1.76. The molecule has 0 atom stereocenters. The number of rotatable bonds is 4. The summed E-state index contributed by atoms with van der Waals surface area (Å²) in [5.41, 5.74) is 0.387. The Bertz CT molecular complexity index is 544. The molecule has 1 aliphatic rings. The molecule has 0 saturated heterocycles. The summed E-state index contributed by atoms with van der Waals surface area (Å²) in [4.78, 5) is 34.9. The summed E-state index contributed by atoms with van der Waals surface area (Å²) in [6, 6.07) is 3.90. The number of nitro benzene ring substituents is 1. The summed E-state index contributed by atoms with van der Waals surface area (Å²) in [6.45, 7) is 0.417. The topological polar surface area (TPSA) is 80.5 Å². The largest absolute Gasteiger partial charge is 0.305 e. The van der Waals surface area contributed by atoms with E-state index in [0.717, 1.165) is 6.07 Å². The molecule has 1 aliphatic heterocycles. The first-order valence-electron chi connectivity index (χ1n) is 5.27. The molecular formula is C11H9BrN2O4. The summed E-state index contributed by atoms with van der Waals surface area (Å²) < 4.78 is 0. The SMILES string of the molecule is O=C1C(=O)N(CCCBr)c2ccc([N+](=O)[O-])cc21. The number of hydrogen-bond acceptors (Lipinski definition) is 4. The molecule has 0 bridgehead atoms. The van der Waals surface area contributed by atoms with Gasteiger partial charge in [0.1, 0.15) is 0 Å². The predicted octanol–water partition coefficient (Wildman–Crippen LogP) is 1.91. The zero-order valence-electron chi connectivity index (χ0n) is 9.26. The fraction of sp³-hybridized carbons (Fsp3) is 0.273. The van der Waals surface area contributed by atoms with Gasteiger partial charge in [-0.25, -0.2) is 0 Å². The van der Waals surface area contributed by atoms with E-state index in [4.69, 9.17) is 0 Å². The minimum Gasteiger partial charge on any atom is -0.305 e. The summed E-state index contributed by atoms with van der Waals surface area (Å²) in [5, 5.41) is 11.3. The van der Waals surface area contributed by atoms with Crippen molar-refractivity contribution >= 4 is 39.0 Å². The standard InChI is InChI=1S/C11H9BrN2O4/c12-4-1-5-13-9-3-2-7(14(17)18)6-8(9)10(15)11(13)16/h2-3,6H,1,4-5H2. The molecule has 0 unspecified atom stereocenters. The molecule has 7 heteroatoms. The van der Waals surface area contributed by atoms with Crippen LogP contribution in [0, 0.1) is 10.1 Å². The second kappa shape index (κ2) is 4.85. The molecule has 18 heavy (non-hydrogen) atoms. The Balaban J connectivity index is 2.41. The van der Waals surface area contributed by atoms with Gasteiger partial charge >= 0.3 is 0 Å². The zero-order valence-corrected chi connectivity index (χ0v) is 10.8. The Morgan fingerprint density at radius 2 is 2.06 bits per heavy atom. The van der Waals surface area contributed by atoms with Gasteiger partial charge in [-0.05, 0) is 12.5 Å². The third-order valence-electron chi connectivity index (χ3n) is 2.68. The average Bonchev–Trinajstić information content (AvgIpc) is 2.60. The second-order valence-electron chi connectivity index (χ2n) is 3.79. The molecule has 94 valence electrons. The number of nitrogens with zero attached hydrogens (tertiary/aromatic N) is 2. The monoisotopic (exact) mass is 312 g/mol. The highest BCUT2D eigenvalue weighted by molar-refractivity contribution is 9.09. The number of amides is 1. The number of non-ortho nitro benzene ring substituents is 1. The van der Waals surface area contributed by atoms with E-state index in [2.05, 4.69) is 15.9 Å². The molecule has 1 aromatic carbocycles. The van der Waals surface area contributed by atoms with Crippen LogP contribution in [0.5, 0.6) is 0 Å². The van der Waals surface area contributed by atoms with Crippen molar-refractivity contribution in [3.8, 4) is 0 Å². The van der Waals surface area contributed by atoms with Crippen LogP contribution < -0.4 is 4.90 Å². The lowest BCUT2D eigenvalue weighted by molar-refractivity contribution is -0.384. The number of ketones is 1. The Morgan fingerprint density at radius 1 is 1.33 bits per heavy atom. The van der Waals surface area contributed by atoms with Crippen molar-refractivity contribution in [3.63, 3.8) is 0 Å². The number of alkyl halides is 1. The van der Waals surface area contributed by atoms with Crippen LogP contribution in [0.15, 0.2) is 18.2 Å². The first kappa shape index (κ1) is 12.7. The normalized spacial score (nSPS) is 13.9. The van der Waals surface area contributed by atoms with E-state index in [1.165, 1.54) is 17.0 Å². The second-order valence-corrected chi connectivity index (χ2v) is 4.58. The number of Topliss-reactive ketones (excluding diaryl/α,β-unsaturated/α-hetero) is 1. The van der Waals surface area contributed by atoms with E-state index in [1.54, 1.807) is 0 Å². The van der Waals surface area contributed by atoms with Crippen LogP contribution in [0.4, 0.5) is 11.4 Å². The van der Waals surface area contributed by atoms with Gasteiger partial charge in [0, 0.05) is 24.0 Å². The van der Waals surface area contributed by atoms with E-state index in [1.807, 2.05) is 0 Å². The van der Waals surface area contributed by atoms with E-state index in [0.29, 0.717) is 24.0 Å². The van der Waals surface area contributed by atoms with E-state index >= 15 is 0 Å². The average molecular weight is 313 g/mol. The number of fused-ring (bicyclic) bond motifs is 1. The minimum absolute atomic E-state index is 0.115. The van der Waals surface area contributed by atoms with Crippen LogP contribution in [0.1, 0.15) is 16.8 Å². The predicted molar refractivity (Wildman–Crippen MR) is 68.2 cm³/mol. The third-order valence-corrected chi connectivity index (χ3v) is 3.24. The highest BCUT2D eigenvalue weighted by Gasteiger charge is 2.36. The molecule has 0 N–H and O–H groups in total. The molecule has 0 aliphatic carbocycles. The maximum atomic E-state index is 11.7. The van der Waals surface area contributed by atoms with Crippen LogP contribution >= 0.6 is 15.9 Å². The molecule has 2 rings (SSSR count). The quantitative estimate of drug-likeness (QED) is 0.368. The smallest absolute Gasteiger partial charge is 0.299 e. The number of carbonyl (C=O) groups is 2. The molecule has 0 aromatic heterocycles.